The van der Waals surface area contributed by atoms with Crippen molar-refractivity contribution in [1.82, 2.24) is 4.90 Å². The zero-order valence-electron chi connectivity index (χ0n) is 4.49. The Morgan fingerprint density at radius 2 is 1.88 bits per heavy atom. The van der Waals surface area contributed by atoms with Crippen molar-refractivity contribution in [3.8, 4) is 0 Å². The zero-order chi connectivity index (χ0) is 5.72. The van der Waals surface area contributed by atoms with E-state index >= 15 is 0 Å². The summed E-state index contributed by atoms with van der Waals surface area (Å²) in [4.78, 5) is 2.38. The second kappa shape index (κ2) is 1.58. The highest BCUT2D eigenvalue weighted by atomic mass is 32.1. The first-order valence-corrected chi connectivity index (χ1v) is 3.94. The van der Waals surface area contributed by atoms with Gasteiger partial charge in [0.1, 0.15) is 0 Å². The van der Waals surface area contributed by atoms with Crippen molar-refractivity contribution in [3.05, 3.63) is 0 Å². The molecule has 1 nitrogen and oxygen atoms in total. The van der Waals surface area contributed by atoms with Crippen LogP contribution in [0.3, 0.4) is 0 Å². The van der Waals surface area contributed by atoms with E-state index < -0.39 is 0 Å². The molecule has 1 saturated heterocycles. The van der Waals surface area contributed by atoms with Crippen molar-refractivity contribution in [2.75, 3.05) is 6.54 Å². The first-order chi connectivity index (χ1) is 3.79. The van der Waals surface area contributed by atoms with Crippen LogP contribution < -0.4 is 0 Å². The molecule has 3 heteroatoms. The summed E-state index contributed by atoms with van der Waals surface area (Å²) in [5, 5.41) is 1.23. The van der Waals surface area contributed by atoms with Crippen molar-refractivity contribution in [1.29, 1.82) is 0 Å². The molecule has 0 aromatic carbocycles. The molecule has 0 aromatic heterocycles. The lowest BCUT2D eigenvalue weighted by molar-refractivity contribution is 0.543. The first-order valence-electron chi connectivity index (χ1n) is 2.91. The average Bonchev–Trinajstić information content (AvgIpc) is 2.47. The summed E-state index contributed by atoms with van der Waals surface area (Å²) in [7, 11) is 0. The molecule has 0 aromatic rings. The molecule has 4 unspecified atom stereocenters. The van der Waals surface area contributed by atoms with Gasteiger partial charge in [0.25, 0.3) is 0 Å². The van der Waals surface area contributed by atoms with Crippen LogP contribution in [0.1, 0.15) is 6.42 Å². The van der Waals surface area contributed by atoms with Gasteiger partial charge >= 0.3 is 0 Å². The van der Waals surface area contributed by atoms with Crippen molar-refractivity contribution < 1.29 is 0 Å². The van der Waals surface area contributed by atoms with Gasteiger partial charge in [-0.25, -0.2) is 0 Å². The van der Waals surface area contributed by atoms with Crippen LogP contribution in [-0.2, 0) is 0 Å². The summed E-state index contributed by atoms with van der Waals surface area (Å²) < 4.78 is 0. The summed E-state index contributed by atoms with van der Waals surface area (Å²) in [6.07, 6.45) is 1.28. The SMILES string of the molecule is SC1CC1N1CC1S. The predicted octanol–water partition coefficient (Wildman–Crippen LogP) is 0.629. The molecule has 0 radical (unpaired) electrons. The molecule has 8 heavy (non-hydrogen) atoms. The minimum atomic E-state index is 0.567. The molecule has 0 spiro atoms. The van der Waals surface area contributed by atoms with E-state index in [4.69, 9.17) is 0 Å². The number of rotatable bonds is 1. The van der Waals surface area contributed by atoms with Crippen molar-refractivity contribution in [3.63, 3.8) is 0 Å². The highest BCUT2D eigenvalue weighted by Gasteiger charge is 2.48. The largest absolute Gasteiger partial charge is 0.284 e. The Morgan fingerprint density at radius 1 is 1.38 bits per heavy atom. The fraction of sp³-hybridized carbons (Fsp3) is 1.00. The van der Waals surface area contributed by atoms with Crippen LogP contribution in [0.5, 0.6) is 0 Å². The van der Waals surface area contributed by atoms with E-state index in [0.29, 0.717) is 10.6 Å². The molecular formula is C5H9NS2. The van der Waals surface area contributed by atoms with Gasteiger partial charge in [0, 0.05) is 17.8 Å². The Bertz CT molecular complexity index is 103. The van der Waals surface area contributed by atoms with Gasteiger partial charge in [-0.1, -0.05) is 0 Å². The van der Waals surface area contributed by atoms with Gasteiger partial charge in [-0.05, 0) is 6.42 Å². The summed E-state index contributed by atoms with van der Waals surface area (Å²) in [6, 6.07) is 0.779. The van der Waals surface area contributed by atoms with Gasteiger partial charge in [-0.15, -0.1) is 0 Å². The van der Waals surface area contributed by atoms with E-state index in [1.54, 1.807) is 0 Å². The van der Waals surface area contributed by atoms with Crippen LogP contribution in [0.15, 0.2) is 0 Å². The molecule has 2 aliphatic rings. The number of thiol groups is 2. The van der Waals surface area contributed by atoms with Crippen LogP contribution in [0.25, 0.3) is 0 Å². The summed E-state index contributed by atoms with van der Waals surface area (Å²) >= 11 is 8.60. The van der Waals surface area contributed by atoms with Gasteiger partial charge in [0.05, 0.1) is 5.37 Å². The standard InChI is InChI=1S/C5H9NS2/c7-4-1-3(4)6-2-5(6)8/h3-5,7-8H,1-2H2. The molecule has 2 fully saturated rings. The number of nitrogens with zero attached hydrogens (tertiary/aromatic N) is 1. The molecule has 1 saturated carbocycles. The van der Waals surface area contributed by atoms with E-state index in [1.165, 1.54) is 13.0 Å². The Kier molecular flexibility index (Phi) is 1.08. The van der Waals surface area contributed by atoms with Crippen LogP contribution in [0.4, 0.5) is 0 Å². The van der Waals surface area contributed by atoms with Crippen molar-refractivity contribution in [2.24, 2.45) is 0 Å². The second-order valence-corrected chi connectivity index (χ2v) is 3.81. The zero-order valence-corrected chi connectivity index (χ0v) is 6.28. The molecule has 0 bridgehead atoms. The molecular weight excluding hydrogens is 138 g/mol. The average molecular weight is 147 g/mol. The fourth-order valence-electron chi connectivity index (χ4n) is 1.02. The smallest absolute Gasteiger partial charge is 0.0660 e. The minimum Gasteiger partial charge on any atom is -0.284 e. The van der Waals surface area contributed by atoms with Gasteiger partial charge in [0.2, 0.25) is 0 Å². The van der Waals surface area contributed by atoms with Crippen LogP contribution in [0, 0.1) is 0 Å². The third-order valence-corrected chi connectivity index (χ3v) is 2.79. The quantitative estimate of drug-likeness (QED) is 0.406. The van der Waals surface area contributed by atoms with Gasteiger partial charge in [0.15, 0.2) is 0 Å². The lowest BCUT2D eigenvalue weighted by atomic mass is 10.7. The summed E-state index contributed by atoms with van der Waals surface area (Å²) in [5.74, 6) is 0. The van der Waals surface area contributed by atoms with Crippen LogP contribution >= 0.6 is 25.3 Å². The van der Waals surface area contributed by atoms with E-state index in [2.05, 4.69) is 30.2 Å². The minimum absolute atomic E-state index is 0.567. The van der Waals surface area contributed by atoms with Crippen LogP contribution in [-0.4, -0.2) is 28.1 Å². The van der Waals surface area contributed by atoms with Gasteiger partial charge < -0.3 is 0 Å². The first kappa shape index (κ1) is 5.45. The number of hydrogen-bond donors (Lipinski definition) is 2. The molecule has 0 N–H and O–H groups in total. The van der Waals surface area contributed by atoms with Gasteiger partial charge in [-0.2, -0.15) is 25.3 Å². The van der Waals surface area contributed by atoms with Crippen molar-refractivity contribution in [2.45, 2.75) is 23.1 Å². The maximum Gasteiger partial charge on any atom is 0.0660 e. The lowest BCUT2D eigenvalue weighted by Crippen LogP contribution is -2.03. The van der Waals surface area contributed by atoms with Crippen LogP contribution in [0.2, 0.25) is 0 Å². The van der Waals surface area contributed by atoms with Gasteiger partial charge in [-0.3, -0.25) is 4.90 Å². The molecule has 1 aliphatic heterocycles. The number of hydrogen-bond acceptors (Lipinski definition) is 3. The summed E-state index contributed by atoms with van der Waals surface area (Å²) in [5.41, 5.74) is 0. The monoisotopic (exact) mass is 147 g/mol. The molecule has 0 amide bonds. The molecule has 1 heterocycles. The highest BCUT2D eigenvalue weighted by molar-refractivity contribution is 7.81. The topological polar surface area (TPSA) is 3.01 Å². The predicted molar refractivity (Wildman–Crippen MR) is 40.7 cm³/mol. The Labute approximate surface area is 60.3 Å². The normalized spacial score (nSPS) is 60.8. The second-order valence-electron chi connectivity index (χ2n) is 2.55. The third kappa shape index (κ3) is 0.769. The van der Waals surface area contributed by atoms with E-state index in [9.17, 15) is 0 Å². The molecule has 4 atom stereocenters. The Hall–Kier alpha value is 0.660. The van der Waals surface area contributed by atoms with E-state index in [1.807, 2.05) is 0 Å². The molecule has 2 rings (SSSR count). The van der Waals surface area contributed by atoms with E-state index in [0.717, 1.165) is 6.04 Å². The van der Waals surface area contributed by atoms with E-state index in [-0.39, 0.29) is 0 Å². The summed E-state index contributed by atoms with van der Waals surface area (Å²) in [6.45, 7) is 1.19. The maximum atomic E-state index is 4.32. The fourth-order valence-corrected chi connectivity index (χ4v) is 1.77. The molecule has 46 valence electrons. The lowest BCUT2D eigenvalue weighted by Gasteiger charge is -1.92. The Morgan fingerprint density at radius 3 is 2.00 bits per heavy atom. The maximum absolute atomic E-state index is 4.32. The Balaban J connectivity index is 1.86. The molecule has 1 aliphatic carbocycles. The highest BCUT2D eigenvalue weighted by Crippen LogP contribution is 2.40. The third-order valence-electron chi connectivity index (χ3n) is 1.77. The van der Waals surface area contributed by atoms with Crippen molar-refractivity contribution >= 4 is 25.3 Å².